The number of ketones is 1. The molecular formula is C14H20N2OS2. The van der Waals surface area contributed by atoms with Gasteiger partial charge in [-0.2, -0.15) is 0 Å². The van der Waals surface area contributed by atoms with Crippen molar-refractivity contribution in [2.45, 2.75) is 31.1 Å². The number of nitrogens with zero attached hydrogens (tertiary/aromatic N) is 1. The molecule has 1 saturated heterocycles. The maximum absolute atomic E-state index is 11.7. The number of nitrogens with two attached hydrogens (primary N) is 1. The monoisotopic (exact) mass is 296 g/mol. The number of rotatable bonds is 3. The molecule has 2 unspecified atom stereocenters. The fraction of sp³-hybridized carbons (Fsp3) is 0.643. The highest BCUT2D eigenvalue weighted by Gasteiger charge is 2.38. The van der Waals surface area contributed by atoms with E-state index in [-0.39, 0.29) is 5.78 Å². The lowest BCUT2D eigenvalue weighted by Gasteiger charge is -2.19. The van der Waals surface area contributed by atoms with Gasteiger partial charge in [-0.05, 0) is 30.9 Å². The largest absolute Gasteiger partial charge is 0.396 e. The Morgan fingerprint density at radius 1 is 1.37 bits per heavy atom. The van der Waals surface area contributed by atoms with E-state index in [1.54, 1.807) is 30.0 Å². The van der Waals surface area contributed by atoms with Crippen molar-refractivity contribution < 1.29 is 4.79 Å². The smallest absolute Gasteiger partial charge is 0.171 e. The van der Waals surface area contributed by atoms with E-state index in [2.05, 4.69) is 4.90 Å². The molecule has 0 radical (unpaired) electrons. The van der Waals surface area contributed by atoms with E-state index in [4.69, 9.17) is 5.73 Å². The summed E-state index contributed by atoms with van der Waals surface area (Å²) in [4.78, 5) is 16.0. The van der Waals surface area contributed by atoms with Gasteiger partial charge in [-0.1, -0.05) is 6.42 Å². The molecule has 1 aromatic rings. The van der Waals surface area contributed by atoms with Gasteiger partial charge < -0.3 is 10.6 Å². The number of carbonyl (C=O) groups excluding carboxylic acids is 1. The number of anilines is 2. The molecular weight excluding hydrogens is 276 g/mol. The highest BCUT2D eigenvalue weighted by atomic mass is 32.2. The second kappa shape index (κ2) is 5.02. The number of hydrogen-bond acceptors (Lipinski definition) is 5. The highest BCUT2D eigenvalue weighted by Crippen LogP contribution is 2.48. The van der Waals surface area contributed by atoms with Gasteiger partial charge in [-0.15, -0.1) is 23.1 Å². The van der Waals surface area contributed by atoms with Crippen LogP contribution in [0.5, 0.6) is 0 Å². The zero-order valence-corrected chi connectivity index (χ0v) is 13.1. The molecule has 1 aliphatic heterocycles. The molecule has 0 bridgehead atoms. The third-order valence-corrected chi connectivity index (χ3v) is 6.74. The first kappa shape index (κ1) is 13.3. The zero-order valence-electron chi connectivity index (χ0n) is 11.4. The van der Waals surface area contributed by atoms with E-state index >= 15 is 0 Å². The Morgan fingerprint density at radius 3 is 2.53 bits per heavy atom. The minimum atomic E-state index is 0.0865. The predicted molar refractivity (Wildman–Crippen MR) is 83.6 cm³/mol. The van der Waals surface area contributed by atoms with Crippen LogP contribution in [0.1, 0.15) is 35.9 Å². The number of thioether (sulfide) groups is 1. The summed E-state index contributed by atoms with van der Waals surface area (Å²) in [5.41, 5.74) is 6.83. The van der Waals surface area contributed by atoms with Gasteiger partial charge in [0, 0.05) is 20.0 Å². The summed E-state index contributed by atoms with van der Waals surface area (Å²) in [5, 5.41) is 1.23. The molecule has 19 heavy (non-hydrogen) atoms. The summed E-state index contributed by atoms with van der Waals surface area (Å²) >= 11 is 3.25. The van der Waals surface area contributed by atoms with Crippen molar-refractivity contribution in [3.05, 3.63) is 4.88 Å². The quantitative estimate of drug-likeness (QED) is 0.685. The molecule has 2 heterocycles. The second-order valence-corrected chi connectivity index (χ2v) is 7.41. The van der Waals surface area contributed by atoms with Crippen LogP contribution >= 0.6 is 23.1 Å². The summed E-state index contributed by atoms with van der Waals surface area (Å²) in [7, 11) is 0. The van der Waals surface area contributed by atoms with Gasteiger partial charge >= 0.3 is 0 Å². The van der Waals surface area contributed by atoms with Crippen molar-refractivity contribution in [2.24, 2.45) is 11.8 Å². The molecule has 5 heteroatoms. The van der Waals surface area contributed by atoms with Gasteiger partial charge in [0.25, 0.3) is 0 Å². The maximum Gasteiger partial charge on any atom is 0.171 e. The SMILES string of the molecule is CSc1c(N2CC3CCCC3C2)sc(C(C)=O)c1N. The van der Waals surface area contributed by atoms with Crippen LogP contribution in [0.4, 0.5) is 10.7 Å². The van der Waals surface area contributed by atoms with Crippen molar-refractivity contribution in [3.8, 4) is 0 Å². The van der Waals surface area contributed by atoms with Crippen LogP contribution in [0.3, 0.4) is 0 Å². The normalized spacial score (nSPS) is 25.9. The van der Waals surface area contributed by atoms with E-state index in [0.717, 1.165) is 34.7 Å². The van der Waals surface area contributed by atoms with Crippen LogP contribution < -0.4 is 10.6 Å². The molecule has 3 nitrogen and oxygen atoms in total. The fourth-order valence-electron chi connectivity index (χ4n) is 3.48. The van der Waals surface area contributed by atoms with E-state index < -0.39 is 0 Å². The van der Waals surface area contributed by atoms with Gasteiger partial charge in [-0.25, -0.2) is 0 Å². The molecule has 1 aliphatic carbocycles. The Bertz CT molecular complexity index is 500. The van der Waals surface area contributed by atoms with Crippen molar-refractivity contribution >= 4 is 39.6 Å². The Hall–Kier alpha value is -0.680. The van der Waals surface area contributed by atoms with Gasteiger partial charge in [-0.3, -0.25) is 4.79 Å². The van der Waals surface area contributed by atoms with Gasteiger partial charge in [0.2, 0.25) is 0 Å². The van der Waals surface area contributed by atoms with Crippen molar-refractivity contribution in [2.75, 3.05) is 30.0 Å². The number of carbonyl (C=O) groups is 1. The molecule has 0 amide bonds. The lowest BCUT2D eigenvalue weighted by atomic mass is 10.0. The van der Waals surface area contributed by atoms with Gasteiger partial charge in [0.1, 0.15) is 5.00 Å². The van der Waals surface area contributed by atoms with Crippen LogP contribution in [0.15, 0.2) is 4.90 Å². The molecule has 1 saturated carbocycles. The lowest BCUT2D eigenvalue weighted by Crippen LogP contribution is -2.20. The van der Waals surface area contributed by atoms with Crippen LogP contribution in [0, 0.1) is 11.8 Å². The van der Waals surface area contributed by atoms with Gasteiger partial charge in [0.05, 0.1) is 15.5 Å². The third kappa shape index (κ3) is 2.17. The molecule has 2 fully saturated rings. The topological polar surface area (TPSA) is 46.3 Å². The molecule has 3 rings (SSSR count). The molecule has 0 spiro atoms. The van der Waals surface area contributed by atoms with E-state index in [1.807, 2.05) is 6.26 Å². The predicted octanol–water partition coefficient (Wildman–Crippen LogP) is 3.49. The molecule has 0 aromatic carbocycles. The summed E-state index contributed by atoms with van der Waals surface area (Å²) in [6, 6.07) is 0. The third-order valence-electron chi connectivity index (χ3n) is 4.42. The number of fused-ring (bicyclic) bond motifs is 1. The molecule has 2 N–H and O–H groups in total. The number of thiophene rings is 1. The number of Topliss-reactive ketones (excluding diaryl/α,β-unsaturated/α-hetero) is 1. The Balaban J connectivity index is 1.92. The Labute approximate surface area is 122 Å². The average Bonchev–Trinajstić information content (AvgIpc) is 2.99. The first-order valence-electron chi connectivity index (χ1n) is 6.84. The van der Waals surface area contributed by atoms with Crippen LogP contribution in [0.2, 0.25) is 0 Å². The minimum absolute atomic E-state index is 0.0865. The van der Waals surface area contributed by atoms with Crippen LogP contribution in [-0.2, 0) is 0 Å². The first-order valence-corrected chi connectivity index (χ1v) is 8.88. The molecule has 2 atom stereocenters. The highest BCUT2D eigenvalue weighted by molar-refractivity contribution is 7.99. The van der Waals surface area contributed by atoms with Crippen molar-refractivity contribution in [1.29, 1.82) is 0 Å². The summed E-state index contributed by atoms with van der Waals surface area (Å²) in [6.07, 6.45) is 6.18. The zero-order chi connectivity index (χ0) is 13.6. The summed E-state index contributed by atoms with van der Waals surface area (Å²) in [5.74, 6) is 1.81. The average molecular weight is 296 g/mol. The van der Waals surface area contributed by atoms with E-state index in [1.165, 1.54) is 24.3 Å². The standard InChI is InChI=1S/C14H20N2OS2/c1-8(17)12-11(15)13(18-2)14(19-12)16-6-9-4-3-5-10(9)7-16/h9-10H,3-7,15H2,1-2H3. The Morgan fingerprint density at radius 2 is 2.00 bits per heavy atom. The summed E-state index contributed by atoms with van der Waals surface area (Å²) in [6.45, 7) is 3.90. The molecule has 104 valence electrons. The number of nitrogen functional groups attached to an aromatic ring is 1. The number of hydrogen-bond donors (Lipinski definition) is 1. The lowest BCUT2D eigenvalue weighted by molar-refractivity contribution is 0.102. The van der Waals surface area contributed by atoms with E-state index in [9.17, 15) is 4.79 Å². The maximum atomic E-state index is 11.7. The van der Waals surface area contributed by atoms with Crippen LogP contribution in [0.25, 0.3) is 0 Å². The van der Waals surface area contributed by atoms with Gasteiger partial charge in [0.15, 0.2) is 5.78 Å². The summed E-state index contributed by atoms with van der Waals surface area (Å²) < 4.78 is 0. The molecule has 1 aromatic heterocycles. The molecule has 2 aliphatic rings. The Kier molecular flexibility index (Phi) is 3.52. The van der Waals surface area contributed by atoms with Crippen molar-refractivity contribution in [1.82, 2.24) is 0 Å². The van der Waals surface area contributed by atoms with Crippen LogP contribution in [-0.4, -0.2) is 25.1 Å². The second-order valence-electron chi connectivity index (χ2n) is 5.60. The minimum Gasteiger partial charge on any atom is -0.396 e. The first-order chi connectivity index (χ1) is 9.11. The van der Waals surface area contributed by atoms with E-state index in [0.29, 0.717) is 5.69 Å². The van der Waals surface area contributed by atoms with Crippen molar-refractivity contribution in [3.63, 3.8) is 0 Å². The fourth-order valence-corrected chi connectivity index (χ4v) is 5.58.